The van der Waals surface area contributed by atoms with Gasteiger partial charge in [-0.1, -0.05) is 20.3 Å². The maximum atomic E-state index is 5.90. The molecule has 0 aromatic carbocycles. The lowest BCUT2D eigenvalue weighted by Crippen LogP contribution is -2.19. The average molecular weight is 268 g/mol. The maximum Gasteiger partial charge on any atom is 0.125 e. The van der Waals surface area contributed by atoms with Crippen LogP contribution in [0.25, 0.3) is 0 Å². The summed E-state index contributed by atoms with van der Waals surface area (Å²) in [5, 5.41) is 4.59. The summed E-state index contributed by atoms with van der Waals surface area (Å²) in [7, 11) is 0. The quantitative estimate of drug-likeness (QED) is 0.860. The molecular weight excluding hydrogens is 244 g/mol. The molecule has 0 aliphatic carbocycles. The van der Waals surface area contributed by atoms with E-state index in [9.17, 15) is 0 Å². The summed E-state index contributed by atoms with van der Waals surface area (Å²) in [5.74, 6) is 0. The van der Waals surface area contributed by atoms with Gasteiger partial charge in [0.05, 0.1) is 5.69 Å². The van der Waals surface area contributed by atoms with Gasteiger partial charge in [0.25, 0.3) is 0 Å². The first-order chi connectivity index (χ1) is 8.69. The highest BCUT2D eigenvalue weighted by Gasteiger charge is 2.35. The van der Waals surface area contributed by atoms with Gasteiger partial charge in [-0.2, -0.15) is 0 Å². The minimum atomic E-state index is -0.127. The normalized spacial score (nSPS) is 23.7. The third kappa shape index (κ3) is 2.92. The molecule has 0 saturated carbocycles. The molecule has 1 atom stereocenters. The summed E-state index contributed by atoms with van der Waals surface area (Å²) in [6.07, 6.45) is 4.49. The van der Waals surface area contributed by atoms with Crippen molar-refractivity contribution >= 4 is 11.3 Å². The third-order valence-corrected chi connectivity index (χ3v) is 4.81. The number of ether oxygens (including phenoxy) is 1. The van der Waals surface area contributed by atoms with Crippen LogP contribution in [-0.4, -0.2) is 18.1 Å². The van der Waals surface area contributed by atoms with Gasteiger partial charge < -0.3 is 10.1 Å². The van der Waals surface area contributed by atoms with E-state index in [4.69, 9.17) is 9.72 Å². The Hall–Kier alpha value is -0.450. The van der Waals surface area contributed by atoms with Crippen LogP contribution in [0.15, 0.2) is 0 Å². The van der Waals surface area contributed by atoms with Crippen LogP contribution in [-0.2, 0) is 23.3 Å². The molecule has 0 radical (unpaired) electrons. The summed E-state index contributed by atoms with van der Waals surface area (Å²) < 4.78 is 5.90. The molecule has 4 heteroatoms. The lowest BCUT2D eigenvalue weighted by Gasteiger charge is -2.19. The summed E-state index contributed by atoms with van der Waals surface area (Å²) in [6, 6.07) is 0. The molecule has 1 aliphatic rings. The predicted molar refractivity (Wildman–Crippen MR) is 76.0 cm³/mol. The van der Waals surface area contributed by atoms with Crippen molar-refractivity contribution in [1.29, 1.82) is 0 Å². The molecule has 18 heavy (non-hydrogen) atoms. The fraction of sp³-hybridized carbons (Fsp3) is 0.786. The predicted octanol–water partition coefficient (Wildman–Crippen LogP) is 3.23. The second-order valence-corrected chi connectivity index (χ2v) is 6.19. The fourth-order valence-electron chi connectivity index (χ4n) is 2.37. The van der Waals surface area contributed by atoms with Gasteiger partial charge in [-0.15, -0.1) is 11.3 Å². The monoisotopic (exact) mass is 268 g/mol. The second kappa shape index (κ2) is 6.13. The van der Waals surface area contributed by atoms with Crippen molar-refractivity contribution in [3.05, 3.63) is 15.6 Å². The summed E-state index contributed by atoms with van der Waals surface area (Å²) in [5.41, 5.74) is 1.15. The minimum absolute atomic E-state index is 0.127. The van der Waals surface area contributed by atoms with E-state index >= 15 is 0 Å². The van der Waals surface area contributed by atoms with Crippen LogP contribution in [0.1, 0.15) is 55.6 Å². The van der Waals surface area contributed by atoms with Crippen molar-refractivity contribution in [3.8, 4) is 0 Å². The standard InChI is InChI=1S/C14H24N2OS/c1-4-7-11-12(10-15-5-2)18-13(16-11)14(3)8-6-9-17-14/h15H,4-10H2,1-3H3. The lowest BCUT2D eigenvalue weighted by atomic mass is 10.0. The van der Waals surface area contributed by atoms with E-state index in [-0.39, 0.29) is 5.60 Å². The summed E-state index contributed by atoms with van der Waals surface area (Å²) in [4.78, 5) is 6.25. The Morgan fingerprint density at radius 2 is 2.28 bits per heavy atom. The largest absolute Gasteiger partial charge is 0.368 e. The fourth-order valence-corrected chi connectivity index (χ4v) is 3.57. The lowest BCUT2D eigenvalue weighted by molar-refractivity contribution is 0.0165. The zero-order chi connectivity index (χ0) is 13.0. The molecule has 3 nitrogen and oxygen atoms in total. The number of hydrogen-bond acceptors (Lipinski definition) is 4. The zero-order valence-corrected chi connectivity index (χ0v) is 12.5. The van der Waals surface area contributed by atoms with Crippen LogP contribution in [0, 0.1) is 0 Å². The van der Waals surface area contributed by atoms with Crippen molar-refractivity contribution in [2.75, 3.05) is 13.2 Å². The van der Waals surface area contributed by atoms with Crippen LogP contribution in [0.2, 0.25) is 0 Å². The van der Waals surface area contributed by atoms with Gasteiger partial charge >= 0.3 is 0 Å². The molecule has 1 N–H and O–H groups in total. The van der Waals surface area contributed by atoms with Crippen LogP contribution < -0.4 is 5.32 Å². The Morgan fingerprint density at radius 3 is 2.89 bits per heavy atom. The van der Waals surface area contributed by atoms with E-state index in [2.05, 4.69) is 26.1 Å². The molecular formula is C14H24N2OS. The van der Waals surface area contributed by atoms with Gasteiger partial charge in [-0.05, 0) is 32.7 Å². The third-order valence-electron chi connectivity index (χ3n) is 3.47. The number of aromatic nitrogens is 1. The van der Waals surface area contributed by atoms with E-state index in [1.165, 1.54) is 15.6 Å². The Kier molecular flexibility index (Phi) is 4.76. The number of hydrogen-bond donors (Lipinski definition) is 1. The van der Waals surface area contributed by atoms with Crippen molar-refractivity contribution in [2.45, 2.75) is 58.6 Å². The number of thiazole rings is 1. The second-order valence-electron chi connectivity index (χ2n) is 5.10. The van der Waals surface area contributed by atoms with Gasteiger partial charge in [0.2, 0.25) is 0 Å². The van der Waals surface area contributed by atoms with Crippen molar-refractivity contribution in [3.63, 3.8) is 0 Å². The van der Waals surface area contributed by atoms with Gasteiger partial charge in [-0.3, -0.25) is 0 Å². The Labute approximate surface area is 114 Å². The molecule has 0 amide bonds. The first-order valence-corrected chi connectivity index (χ1v) is 7.85. The molecule has 102 valence electrons. The molecule has 1 saturated heterocycles. The van der Waals surface area contributed by atoms with Crippen LogP contribution in [0.3, 0.4) is 0 Å². The average Bonchev–Trinajstić information content (AvgIpc) is 2.95. The first-order valence-electron chi connectivity index (χ1n) is 7.03. The Bertz CT molecular complexity index is 383. The number of nitrogens with one attached hydrogen (secondary N) is 1. The smallest absolute Gasteiger partial charge is 0.125 e. The van der Waals surface area contributed by atoms with E-state index in [1.807, 2.05) is 11.3 Å². The van der Waals surface area contributed by atoms with E-state index < -0.39 is 0 Å². The molecule has 2 rings (SSSR count). The molecule has 1 aliphatic heterocycles. The Balaban J connectivity index is 2.20. The summed E-state index contributed by atoms with van der Waals surface area (Å²) in [6.45, 7) is 9.37. The van der Waals surface area contributed by atoms with Crippen molar-refractivity contribution in [1.82, 2.24) is 10.3 Å². The van der Waals surface area contributed by atoms with Crippen molar-refractivity contribution in [2.24, 2.45) is 0 Å². The Morgan fingerprint density at radius 1 is 1.44 bits per heavy atom. The van der Waals surface area contributed by atoms with E-state index in [0.717, 1.165) is 45.4 Å². The molecule has 0 bridgehead atoms. The molecule has 1 aromatic rings. The van der Waals surface area contributed by atoms with Gasteiger partial charge in [0.15, 0.2) is 0 Å². The zero-order valence-electron chi connectivity index (χ0n) is 11.7. The molecule has 0 spiro atoms. The highest BCUT2D eigenvalue weighted by Crippen LogP contribution is 2.38. The highest BCUT2D eigenvalue weighted by molar-refractivity contribution is 7.11. The van der Waals surface area contributed by atoms with Crippen LogP contribution >= 0.6 is 11.3 Å². The molecule has 1 aromatic heterocycles. The molecule has 1 unspecified atom stereocenters. The SMILES string of the molecule is CCCc1nc(C2(C)CCCO2)sc1CNCC. The number of rotatable bonds is 6. The number of nitrogens with zero attached hydrogens (tertiary/aromatic N) is 1. The van der Waals surface area contributed by atoms with Gasteiger partial charge in [-0.25, -0.2) is 4.98 Å². The summed E-state index contributed by atoms with van der Waals surface area (Å²) >= 11 is 1.84. The minimum Gasteiger partial charge on any atom is -0.368 e. The van der Waals surface area contributed by atoms with E-state index in [0.29, 0.717) is 0 Å². The van der Waals surface area contributed by atoms with Gasteiger partial charge in [0.1, 0.15) is 10.6 Å². The van der Waals surface area contributed by atoms with Crippen molar-refractivity contribution < 1.29 is 4.74 Å². The first kappa shape index (κ1) is 14.0. The van der Waals surface area contributed by atoms with E-state index in [1.54, 1.807) is 0 Å². The topological polar surface area (TPSA) is 34.1 Å². The van der Waals surface area contributed by atoms with Crippen LogP contribution in [0.5, 0.6) is 0 Å². The van der Waals surface area contributed by atoms with Gasteiger partial charge in [0, 0.05) is 18.0 Å². The van der Waals surface area contributed by atoms with Crippen LogP contribution in [0.4, 0.5) is 0 Å². The maximum absolute atomic E-state index is 5.90. The molecule has 2 heterocycles. The molecule has 1 fully saturated rings. The highest BCUT2D eigenvalue weighted by atomic mass is 32.1. The number of aryl methyl sites for hydroxylation is 1.